The molecule has 1 fully saturated rings. The molecule has 3 heterocycles. The highest BCUT2D eigenvalue weighted by atomic mass is 32.2. The van der Waals surface area contributed by atoms with Crippen LogP contribution in [0.4, 0.5) is 10.5 Å². The number of hydrogen-bond acceptors (Lipinski definition) is 6. The Morgan fingerprint density at radius 2 is 2.19 bits per heavy atom. The zero-order valence-electron chi connectivity index (χ0n) is 15.2. The van der Waals surface area contributed by atoms with Gasteiger partial charge in [0, 0.05) is 30.0 Å². The van der Waals surface area contributed by atoms with Crippen molar-refractivity contribution >= 4 is 33.1 Å². The van der Waals surface area contributed by atoms with E-state index in [1.54, 1.807) is 16.2 Å². The molecule has 1 aromatic heterocycles. The lowest BCUT2D eigenvalue weighted by molar-refractivity contribution is 0.159. The third-order valence-corrected chi connectivity index (χ3v) is 7.06. The monoisotopic (exact) mass is 407 g/mol. The SMILES string of the molecule is C[C@H]1Cc2cc(-c3csc(CCN4CCOC4=O)n3)ccc2N1S(C)(=O)=O. The summed E-state index contributed by atoms with van der Waals surface area (Å²) in [4.78, 5) is 17.9. The number of ether oxygens (including phenoxy) is 1. The van der Waals surface area contributed by atoms with Crippen molar-refractivity contribution in [2.75, 3.05) is 30.3 Å². The van der Waals surface area contributed by atoms with Crippen LogP contribution in [0.2, 0.25) is 0 Å². The van der Waals surface area contributed by atoms with E-state index in [1.165, 1.54) is 10.6 Å². The fraction of sp³-hybridized carbons (Fsp3) is 0.444. The Morgan fingerprint density at radius 1 is 1.37 bits per heavy atom. The summed E-state index contributed by atoms with van der Waals surface area (Å²) in [5, 5.41) is 2.97. The van der Waals surface area contributed by atoms with Gasteiger partial charge in [0.05, 0.1) is 29.2 Å². The van der Waals surface area contributed by atoms with Gasteiger partial charge in [0.2, 0.25) is 10.0 Å². The molecule has 1 atom stereocenters. The highest BCUT2D eigenvalue weighted by molar-refractivity contribution is 7.92. The number of fused-ring (bicyclic) bond motifs is 1. The molecule has 4 rings (SSSR count). The number of sulfonamides is 1. The second-order valence-electron chi connectivity index (χ2n) is 6.93. The van der Waals surface area contributed by atoms with E-state index in [-0.39, 0.29) is 12.1 Å². The van der Waals surface area contributed by atoms with Gasteiger partial charge in [-0.25, -0.2) is 18.2 Å². The van der Waals surface area contributed by atoms with Crippen molar-refractivity contribution in [3.8, 4) is 11.3 Å². The quantitative estimate of drug-likeness (QED) is 0.761. The average Bonchev–Trinajstić information content (AvgIpc) is 3.29. The predicted molar refractivity (Wildman–Crippen MR) is 105 cm³/mol. The molecule has 1 saturated heterocycles. The minimum Gasteiger partial charge on any atom is -0.448 e. The van der Waals surface area contributed by atoms with E-state index in [0.717, 1.165) is 27.5 Å². The fourth-order valence-electron chi connectivity index (χ4n) is 3.69. The second kappa shape index (κ2) is 6.79. The van der Waals surface area contributed by atoms with Gasteiger partial charge in [-0.15, -0.1) is 11.3 Å². The van der Waals surface area contributed by atoms with E-state index in [9.17, 15) is 13.2 Å². The number of hydrogen-bond donors (Lipinski definition) is 0. The van der Waals surface area contributed by atoms with E-state index in [4.69, 9.17) is 4.74 Å². The summed E-state index contributed by atoms with van der Waals surface area (Å²) in [7, 11) is -3.28. The van der Waals surface area contributed by atoms with Gasteiger partial charge in [0.25, 0.3) is 0 Å². The van der Waals surface area contributed by atoms with Crippen molar-refractivity contribution in [2.45, 2.75) is 25.8 Å². The third-order valence-electron chi connectivity index (χ3n) is 4.88. The molecular formula is C18H21N3O4S2. The normalized spacial score (nSPS) is 19.5. The van der Waals surface area contributed by atoms with Crippen LogP contribution >= 0.6 is 11.3 Å². The van der Waals surface area contributed by atoms with Gasteiger partial charge in [-0.1, -0.05) is 6.07 Å². The van der Waals surface area contributed by atoms with Crippen molar-refractivity contribution in [1.29, 1.82) is 0 Å². The number of rotatable bonds is 5. The second-order valence-corrected chi connectivity index (χ2v) is 9.74. The fourth-order valence-corrected chi connectivity index (χ4v) is 5.75. The third kappa shape index (κ3) is 3.53. The van der Waals surface area contributed by atoms with Crippen LogP contribution in [-0.2, 0) is 27.6 Å². The molecule has 0 N–H and O–H groups in total. The summed E-state index contributed by atoms with van der Waals surface area (Å²) in [5.74, 6) is 0. The molecule has 2 aliphatic heterocycles. The molecule has 9 heteroatoms. The topological polar surface area (TPSA) is 79.8 Å². The maximum Gasteiger partial charge on any atom is 0.409 e. The molecule has 2 aliphatic rings. The number of cyclic esters (lactones) is 1. The van der Waals surface area contributed by atoms with Gasteiger partial charge in [-0.2, -0.15) is 0 Å². The molecule has 0 aliphatic carbocycles. The highest BCUT2D eigenvalue weighted by Gasteiger charge is 2.32. The number of carbonyl (C=O) groups excluding carboxylic acids is 1. The number of nitrogens with zero attached hydrogens (tertiary/aromatic N) is 3. The lowest BCUT2D eigenvalue weighted by Crippen LogP contribution is -2.34. The number of benzene rings is 1. The molecule has 0 saturated carbocycles. The van der Waals surface area contributed by atoms with Crippen LogP contribution in [0.15, 0.2) is 23.6 Å². The summed E-state index contributed by atoms with van der Waals surface area (Å²) in [6, 6.07) is 5.75. The first-order chi connectivity index (χ1) is 12.8. The molecule has 1 aromatic carbocycles. The Morgan fingerprint density at radius 3 is 2.89 bits per heavy atom. The molecule has 0 bridgehead atoms. The maximum atomic E-state index is 12.0. The van der Waals surface area contributed by atoms with E-state index in [0.29, 0.717) is 32.5 Å². The Kier molecular flexibility index (Phi) is 4.59. The standard InChI is InChI=1S/C18H21N3O4S2/c1-12-9-14-10-13(3-4-16(14)21(12)27(2,23)24)15-11-26-17(19-15)5-6-20-7-8-25-18(20)22/h3-4,10-12H,5-9H2,1-2H3/t12-/m0/s1. The lowest BCUT2D eigenvalue weighted by atomic mass is 10.1. The molecule has 0 unspecified atom stereocenters. The van der Waals surface area contributed by atoms with Crippen LogP contribution in [0.5, 0.6) is 0 Å². The van der Waals surface area contributed by atoms with Crippen LogP contribution < -0.4 is 4.31 Å². The van der Waals surface area contributed by atoms with Crippen molar-refractivity contribution in [3.05, 3.63) is 34.2 Å². The molecule has 144 valence electrons. The smallest absolute Gasteiger partial charge is 0.409 e. The largest absolute Gasteiger partial charge is 0.448 e. The lowest BCUT2D eigenvalue weighted by Gasteiger charge is -2.21. The first kappa shape index (κ1) is 18.2. The van der Waals surface area contributed by atoms with Crippen LogP contribution in [-0.4, -0.2) is 56.4 Å². The van der Waals surface area contributed by atoms with Crippen molar-refractivity contribution in [1.82, 2.24) is 9.88 Å². The van der Waals surface area contributed by atoms with Crippen LogP contribution in [0.3, 0.4) is 0 Å². The van der Waals surface area contributed by atoms with Crippen molar-refractivity contribution < 1.29 is 17.9 Å². The van der Waals surface area contributed by atoms with Crippen LogP contribution in [0.1, 0.15) is 17.5 Å². The Hall–Kier alpha value is -2.13. The molecule has 7 nitrogen and oxygen atoms in total. The van der Waals surface area contributed by atoms with E-state index >= 15 is 0 Å². The molecule has 1 amide bonds. The number of anilines is 1. The van der Waals surface area contributed by atoms with Gasteiger partial charge in [0.15, 0.2) is 0 Å². The number of aromatic nitrogens is 1. The van der Waals surface area contributed by atoms with Gasteiger partial charge in [-0.3, -0.25) is 4.31 Å². The minimum absolute atomic E-state index is 0.0727. The molecule has 27 heavy (non-hydrogen) atoms. The summed E-state index contributed by atoms with van der Waals surface area (Å²) >= 11 is 1.57. The van der Waals surface area contributed by atoms with Crippen molar-refractivity contribution in [2.24, 2.45) is 0 Å². The average molecular weight is 408 g/mol. The Balaban J connectivity index is 1.51. The van der Waals surface area contributed by atoms with Gasteiger partial charge in [-0.05, 0) is 31.0 Å². The molecule has 0 radical (unpaired) electrons. The number of thiazole rings is 1. The summed E-state index contributed by atoms with van der Waals surface area (Å²) in [6.45, 7) is 3.62. The zero-order chi connectivity index (χ0) is 19.2. The van der Waals surface area contributed by atoms with Gasteiger partial charge >= 0.3 is 6.09 Å². The minimum atomic E-state index is -3.28. The Bertz CT molecular complexity index is 986. The zero-order valence-corrected chi connectivity index (χ0v) is 16.8. The van der Waals surface area contributed by atoms with Crippen LogP contribution in [0.25, 0.3) is 11.3 Å². The van der Waals surface area contributed by atoms with Gasteiger partial charge < -0.3 is 9.64 Å². The summed E-state index contributed by atoms with van der Waals surface area (Å²) in [5.41, 5.74) is 3.66. The highest BCUT2D eigenvalue weighted by Crippen LogP contribution is 2.37. The summed E-state index contributed by atoms with van der Waals surface area (Å²) < 4.78 is 30.5. The van der Waals surface area contributed by atoms with Crippen molar-refractivity contribution in [3.63, 3.8) is 0 Å². The molecule has 2 aromatic rings. The first-order valence-electron chi connectivity index (χ1n) is 8.82. The van der Waals surface area contributed by atoms with E-state index < -0.39 is 10.0 Å². The van der Waals surface area contributed by atoms with E-state index in [2.05, 4.69) is 4.98 Å². The Labute approximate surface area is 162 Å². The van der Waals surface area contributed by atoms with Crippen LogP contribution in [0, 0.1) is 0 Å². The number of carbonyl (C=O) groups is 1. The van der Waals surface area contributed by atoms with E-state index in [1.807, 2.05) is 30.5 Å². The summed E-state index contributed by atoms with van der Waals surface area (Å²) in [6.07, 6.45) is 2.39. The number of amides is 1. The molecular weight excluding hydrogens is 386 g/mol. The first-order valence-corrected chi connectivity index (χ1v) is 11.5. The predicted octanol–water partition coefficient (Wildman–Crippen LogP) is 2.52. The maximum absolute atomic E-state index is 12.0. The van der Waals surface area contributed by atoms with Gasteiger partial charge in [0.1, 0.15) is 6.61 Å². The molecule has 0 spiro atoms.